The van der Waals surface area contributed by atoms with Crippen LogP contribution >= 0.6 is 0 Å². The van der Waals surface area contributed by atoms with Crippen molar-refractivity contribution in [2.75, 3.05) is 12.4 Å². The van der Waals surface area contributed by atoms with E-state index in [0.717, 1.165) is 12.1 Å². The molecular formula is C14H17N3O2. The van der Waals surface area contributed by atoms with E-state index in [0.29, 0.717) is 12.4 Å². The third kappa shape index (κ3) is 3.42. The number of carbonyl (C=O) groups excluding carboxylic acids is 1. The van der Waals surface area contributed by atoms with Gasteiger partial charge in [-0.2, -0.15) is 0 Å². The van der Waals surface area contributed by atoms with Gasteiger partial charge in [-0.3, -0.25) is 4.79 Å². The van der Waals surface area contributed by atoms with Gasteiger partial charge in [-0.25, -0.2) is 4.98 Å². The first-order chi connectivity index (χ1) is 9.22. The van der Waals surface area contributed by atoms with Crippen LogP contribution < -0.4 is 10.6 Å². The van der Waals surface area contributed by atoms with Crippen LogP contribution in [0.3, 0.4) is 0 Å². The lowest BCUT2D eigenvalue weighted by molar-refractivity contribution is 0.102. The maximum absolute atomic E-state index is 12.0. The highest BCUT2D eigenvalue weighted by Gasteiger charge is 2.12. The van der Waals surface area contributed by atoms with Crippen LogP contribution in [0.5, 0.6) is 0 Å². The van der Waals surface area contributed by atoms with E-state index in [-0.39, 0.29) is 11.6 Å². The Morgan fingerprint density at radius 1 is 1.42 bits per heavy atom. The highest BCUT2D eigenvalue weighted by molar-refractivity contribution is 6.02. The molecule has 0 spiro atoms. The van der Waals surface area contributed by atoms with E-state index in [9.17, 15) is 4.79 Å². The summed E-state index contributed by atoms with van der Waals surface area (Å²) in [6, 6.07) is 7.75. The van der Waals surface area contributed by atoms with Crippen molar-refractivity contribution < 1.29 is 9.21 Å². The molecule has 2 N–H and O–H groups in total. The third-order valence-corrected chi connectivity index (χ3v) is 2.71. The van der Waals surface area contributed by atoms with E-state index >= 15 is 0 Å². The number of carbonyl (C=O) groups is 1. The number of hydrogen-bond acceptors (Lipinski definition) is 4. The fourth-order valence-corrected chi connectivity index (χ4v) is 1.71. The van der Waals surface area contributed by atoms with Crippen LogP contribution in [0, 0.1) is 0 Å². The number of rotatable bonds is 5. The Labute approximate surface area is 112 Å². The SMILES string of the molecule is CCc1cccc(NC(=O)c2coc(CNC)n2)c1. The molecule has 19 heavy (non-hydrogen) atoms. The molecule has 0 saturated heterocycles. The van der Waals surface area contributed by atoms with Gasteiger partial charge in [0, 0.05) is 5.69 Å². The predicted molar refractivity (Wildman–Crippen MR) is 73.0 cm³/mol. The molecule has 5 nitrogen and oxygen atoms in total. The molecule has 1 aromatic heterocycles. The van der Waals surface area contributed by atoms with Crippen LogP contribution in [-0.4, -0.2) is 17.9 Å². The Bertz CT molecular complexity index is 563. The molecule has 0 saturated carbocycles. The lowest BCUT2D eigenvalue weighted by Crippen LogP contribution is -2.13. The standard InChI is InChI=1S/C14H17N3O2/c1-3-10-5-4-6-11(7-10)16-14(18)12-9-19-13(17-12)8-15-2/h4-7,9,15H,3,8H2,1-2H3,(H,16,18). The Morgan fingerprint density at radius 2 is 2.26 bits per heavy atom. The lowest BCUT2D eigenvalue weighted by atomic mass is 10.1. The zero-order valence-electron chi connectivity index (χ0n) is 11.1. The van der Waals surface area contributed by atoms with Gasteiger partial charge in [0.25, 0.3) is 5.91 Å². The van der Waals surface area contributed by atoms with Crippen molar-refractivity contribution in [1.29, 1.82) is 0 Å². The van der Waals surface area contributed by atoms with Gasteiger partial charge in [0.1, 0.15) is 6.26 Å². The molecule has 2 rings (SSSR count). The summed E-state index contributed by atoms with van der Waals surface area (Å²) >= 11 is 0. The minimum atomic E-state index is -0.264. The largest absolute Gasteiger partial charge is 0.447 e. The van der Waals surface area contributed by atoms with Gasteiger partial charge < -0.3 is 15.1 Å². The van der Waals surface area contributed by atoms with Crippen LogP contribution in [0.15, 0.2) is 34.9 Å². The fourth-order valence-electron chi connectivity index (χ4n) is 1.71. The summed E-state index contributed by atoms with van der Waals surface area (Å²) in [6.45, 7) is 2.57. The maximum Gasteiger partial charge on any atom is 0.277 e. The molecule has 0 aliphatic rings. The van der Waals surface area contributed by atoms with Crippen molar-refractivity contribution in [1.82, 2.24) is 10.3 Å². The molecule has 5 heteroatoms. The van der Waals surface area contributed by atoms with Gasteiger partial charge in [0.2, 0.25) is 5.89 Å². The molecule has 0 unspecified atom stereocenters. The second-order valence-corrected chi connectivity index (χ2v) is 4.16. The summed E-state index contributed by atoms with van der Waals surface area (Å²) in [5.74, 6) is 0.231. The second kappa shape index (κ2) is 6.15. The van der Waals surface area contributed by atoms with E-state index in [4.69, 9.17) is 4.42 Å². The van der Waals surface area contributed by atoms with Crippen LogP contribution in [0.25, 0.3) is 0 Å². The average molecular weight is 259 g/mol. The van der Waals surface area contributed by atoms with E-state index in [1.807, 2.05) is 24.3 Å². The number of nitrogens with one attached hydrogen (secondary N) is 2. The van der Waals surface area contributed by atoms with Gasteiger partial charge >= 0.3 is 0 Å². The Morgan fingerprint density at radius 3 is 3.00 bits per heavy atom. The number of aromatic nitrogens is 1. The Kier molecular flexibility index (Phi) is 4.30. The van der Waals surface area contributed by atoms with E-state index in [2.05, 4.69) is 22.5 Å². The topological polar surface area (TPSA) is 67.2 Å². The Hall–Kier alpha value is -2.14. The van der Waals surface area contributed by atoms with Gasteiger partial charge in [-0.1, -0.05) is 19.1 Å². The van der Waals surface area contributed by atoms with Crippen molar-refractivity contribution >= 4 is 11.6 Å². The number of oxazole rings is 1. The normalized spacial score (nSPS) is 10.4. The maximum atomic E-state index is 12.0. The molecule has 0 fully saturated rings. The average Bonchev–Trinajstić information content (AvgIpc) is 2.88. The summed E-state index contributed by atoms with van der Waals surface area (Å²) in [5, 5.41) is 5.72. The number of anilines is 1. The zero-order valence-corrected chi connectivity index (χ0v) is 11.1. The molecular weight excluding hydrogens is 242 g/mol. The van der Waals surface area contributed by atoms with Crippen molar-refractivity contribution in [2.45, 2.75) is 19.9 Å². The first-order valence-electron chi connectivity index (χ1n) is 6.22. The van der Waals surface area contributed by atoms with E-state index in [1.165, 1.54) is 11.8 Å². The van der Waals surface area contributed by atoms with Crippen molar-refractivity contribution in [3.63, 3.8) is 0 Å². The quantitative estimate of drug-likeness (QED) is 0.864. The molecule has 100 valence electrons. The summed E-state index contributed by atoms with van der Waals surface area (Å²) in [7, 11) is 1.79. The van der Waals surface area contributed by atoms with E-state index < -0.39 is 0 Å². The zero-order chi connectivity index (χ0) is 13.7. The number of benzene rings is 1. The minimum absolute atomic E-state index is 0.264. The smallest absolute Gasteiger partial charge is 0.277 e. The summed E-state index contributed by atoms with van der Waals surface area (Å²) in [5.41, 5.74) is 2.23. The van der Waals surface area contributed by atoms with Gasteiger partial charge in [-0.15, -0.1) is 0 Å². The third-order valence-electron chi connectivity index (χ3n) is 2.71. The van der Waals surface area contributed by atoms with Crippen LogP contribution in [0.2, 0.25) is 0 Å². The molecule has 2 aromatic rings. The highest BCUT2D eigenvalue weighted by atomic mass is 16.3. The number of aryl methyl sites for hydroxylation is 1. The molecule has 0 aliphatic heterocycles. The molecule has 0 radical (unpaired) electrons. The molecule has 1 heterocycles. The van der Waals surface area contributed by atoms with Crippen molar-refractivity contribution in [3.8, 4) is 0 Å². The number of amides is 1. The van der Waals surface area contributed by atoms with Gasteiger partial charge in [-0.05, 0) is 31.2 Å². The minimum Gasteiger partial charge on any atom is -0.447 e. The summed E-state index contributed by atoms with van der Waals surface area (Å²) in [6.07, 6.45) is 2.30. The molecule has 0 bridgehead atoms. The summed E-state index contributed by atoms with van der Waals surface area (Å²) < 4.78 is 5.17. The monoisotopic (exact) mass is 259 g/mol. The molecule has 1 aromatic carbocycles. The first kappa shape index (κ1) is 13.3. The van der Waals surface area contributed by atoms with Crippen LogP contribution in [-0.2, 0) is 13.0 Å². The Balaban J connectivity index is 2.06. The molecule has 0 aliphatic carbocycles. The van der Waals surface area contributed by atoms with E-state index in [1.54, 1.807) is 7.05 Å². The van der Waals surface area contributed by atoms with Crippen molar-refractivity contribution in [2.24, 2.45) is 0 Å². The highest BCUT2D eigenvalue weighted by Crippen LogP contribution is 2.12. The van der Waals surface area contributed by atoms with Crippen LogP contribution in [0.4, 0.5) is 5.69 Å². The lowest BCUT2D eigenvalue weighted by Gasteiger charge is -2.04. The summed E-state index contributed by atoms with van der Waals surface area (Å²) in [4.78, 5) is 16.1. The number of nitrogens with zero attached hydrogens (tertiary/aromatic N) is 1. The fraction of sp³-hybridized carbons (Fsp3) is 0.286. The first-order valence-corrected chi connectivity index (χ1v) is 6.22. The molecule has 1 amide bonds. The van der Waals surface area contributed by atoms with Gasteiger partial charge in [0.15, 0.2) is 5.69 Å². The molecule has 0 atom stereocenters. The van der Waals surface area contributed by atoms with Gasteiger partial charge in [0.05, 0.1) is 6.54 Å². The predicted octanol–water partition coefficient (Wildman–Crippen LogP) is 2.21. The second-order valence-electron chi connectivity index (χ2n) is 4.16. The van der Waals surface area contributed by atoms with Crippen molar-refractivity contribution in [3.05, 3.63) is 47.7 Å². The number of hydrogen-bond donors (Lipinski definition) is 2. The van der Waals surface area contributed by atoms with Crippen LogP contribution in [0.1, 0.15) is 28.9 Å².